The zero-order chi connectivity index (χ0) is 10.7. The molecule has 1 aliphatic rings. The maximum Gasteiger partial charge on any atom is 0.254 e. The summed E-state index contributed by atoms with van der Waals surface area (Å²) in [7, 11) is 0. The summed E-state index contributed by atoms with van der Waals surface area (Å²) in [4.78, 5) is 8.61. The summed E-state index contributed by atoms with van der Waals surface area (Å²) < 4.78 is 10.7. The highest BCUT2D eigenvalue weighted by Crippen LogP contribution is 2.32. The number of rotatable bonds is 3. The SMILES string of the molecule is CC1(c2noc(CON)n2)CCCCO1. The minimum absolute atomic E-state index is 0.128. The molecule has 1 aromatic rings. The summed E-state index contributed by atoms with van der Waals surface area (Å²) in [5.74, 6) is 5.88. The first-order chi connectivity index (χ1) is 7.24. The van der Waals surface area contributed by atoms with Crippen molar-refractivity contribution in [3.05, 3.63) is 11.7 Å². The first-order valence-electron chi connectivity index (χ1n) is 5.03. The van der Waals surface area contributed by atoms with Crippen molar-refractivity contribution in [2.45, 2.75) is 38.4 Å². The van der Waals surface area contributed by atoms with E-state index in [1.54, 1.807) is 0 Å². The lowest BCUT2D eigenvalue weighted by molar-refractivity contribution is -0.0770. The van der Waals surface area contributed by atoms with Gasteiger partial charge in [0.1, 0.15) is 12.2 Å². The van der Waals surface area contributed by atoms with E-state index in [0.29, 0.717) is 11.7 Å². The van der Waals surface area contributed by atoms with Crippen LogP contribution in [0.2, 0.25) is 0 Å². The van der Waals surface area contributed by atoms with E-state index in [1.807, 2.05) is 6.92 Å². The lowest BCUT2D eigenvalue weighted by Gasteiger charge is -2.30. The van der Waals surface area contributed by atoms with Gasteiger partial charge in [-0.2, -0.15) is 4.98 Å². The van der Waals surface area contributed by atoms with Crippen molar-refractivity contribution in [3.63, 3.8) is 0 Å². The molecular formula is C9H15N3O3. The molecule has 1 fully saturated rings. The second kappa shape index (κ2) is 4.26. The van der Waals surface area contributed by atoms with Crippen LogP contribution >= 0.6 is 0 Å². The van der Waals surface area contributed by atoms with Crippen LogP contribution in [0.25, 0.3) is 0 Å². The van der Waals surface area contributed by atoms with E-state index >= 15 is 0 Å². The lowest BCUT2D eigenvalue weighted by Crippen LogP contribution is -2.31. The fourth-order valence-electron chi connectivity index (χ4n) is 1.71. The Bertz CT molecular complexity index is 320. The second-order valence-electron chi connectivity index (χ2n) is 3.86. The van der Waals surface area contributed by atoms with Crippen LogP contribution in [0.5, 0.6) is 0 Å². The van der Waals surface area contributed by atoms with Crippen LogP contribution in [0.15, 0.2) is 4.52 Å². The van der Waals surface area contributed by atoms with Gasteiger partial charge in [-0.3, -0.25) is 4.84 Å². The summed E-state index contributed by atoms with van der Waals surface area (Å²) in [6, 6.07) is 0. The molecule has 15 heavy (non-hydrogen) atoms. The molecule has 2 N–H and O–H groups in total. The van der Waals surface area contributed by atoms with E-state index in [4.69, 9.17) is 15.2 Å². The highest BCUT2D eigenvalue weighted by atomic mass is 16.6. The Morgan fingerprint density at radius 1 is 1.53 bits per heavy atom. The van der Waals surface area contributed by atoms with Gasteiger partial charge in [0, 0.05) is 6.61 Å². The monoisotopic (exact) mass is 213 g/mol. The Morgan fingerprint density at radius 2 is 2.40 bits per heavy atom. The maximum absolute atomic E-state index is 5.69. The topological polar surface area (TPSA) is 83.4 Å². The van der Waals surface area contributed by atoms with Gasteiger partial charge in [-0.05, 0) is 26.2 Å². The van der Waals surface area contributed by atoms with Crippen molar-refractivity contribution in [2.75, 3.05) is 6.61 Å². The Kier molecular flexibility index (Phi) is 2.99. The smallest absolute Gasteiger partial charge is 0.254 e. The molecule has 2 heterocycles. The molecule has 1 aromatic heterocycles. The molecule has 0 amide bonds. The first kappa shape index (κ1) is 10.5. The zero-order valence-electron chi connectivity index (χ0n) is 8.73. The van der Waals surface area contributed by atoms with E-state index in [9.17, 15) is 0 Å². The van der Waals surface area contributed by atoms with Crippen LogP contribution in [0.3, 0.4) is 0 Å². The standard InChI is InChI=1S/C9H15N3O3/c1-9(4-2-3-5-13-9)8-11-7(6-14-10)15-12-8/h2-6,10H2,1H3. The molecule has 0 radical (unpaired) electrons. The summed E-state index contributed by atoms with van der Waals surface area (Å²) in [5, 5.41) is 3.88. The minimum atomic E-state index is -0.422. The van der Waals surface area contributed by atoms with Crippen LogP contribution in [0.4, 0.5) is 0 Å². The van der Waals surface area contributed by atoms with Crippen molar-refractivity contribution in [3.8, 4) is 0 Å². The molecule has 0 spiro atoms. The normalized spacial score (nSPS) is 26.8. The van der Waals surface area contributed by atoms with Crippen molar-refractivity contribution in [2.24, 2.45) is 5.90 Å². The van der Waals surface area contributed by atoms with Crippen LogP contribution in [0, 0.1) is 0 Å². The number of nitrogens with zero attached hydrogens (tertiary/aromatic N) is 2. The average molecular weight is 213 g/mol. The summed E-state index contributed by atoms with van der Waals surface area (Å²) in [5.41, 5.74) is -0.422. The highest BCUT2D eigenvalue weighted by molar-refractivity contribution is 5.00. The lowest BCUT2D eigenvalue weighted by atomic mass is 9.95. The van der Waals surface area contributed by atoms with Gasteiger partial charge >= 0.3 is 0 Å². The van der Waals surface area contributed by atoms with Gasteiger partial charge in [0.25, 0.3) is 5.89 Å². The predicted molar refractivity (Wildman–Crippen MR) is 50.4 cm³/mol. The Morgan fingerprint density at radius 3 is 3.07 bits per heavy atom. The molecule has 6 heteroatoms. The van der Waals surface area contributed by atoms with Crippen molar-refractivity contribution in [1.82, 2.24) is 10.1 Å². The third kappa shape index (κ3) is 2.17. The van der Waals surface area contributed by atoms with Crippen molar-refractivity contribution < 1.29 is 14.1 Å². The van der Waals surface area contributed by atoms with Gasteiger partial charge in [-0.15, -0.1) is 0 Å². The van der Waals surface area contributed by atoms with E-state index < -0.39 is 5.60 Å². The van der Waals surface area contributed by atoms with E-state index in [-0.39, 0.29) is 6.61 Å². The third-order valence-corrected chi connectivity index (χ3v) is 2.62. The summed E-state index contributed by atoms with van der Waals surface area (Å²) in [6.45, 7) is 2.85. The Hall–Kier alpha value is -0.980. The summed E-state index contributed by atoms with van der Waals surface area (Å²) in [6.07, 6.45) is 3.12. The molecule has 1 atom stereocenters. The van der Waals surface area contributed by atoms with E-state index in [2.05, 4.69) is 15.0 Å². The quantitative estimate of drug-likeness (QED) is 0.750. The molecule has 1 unspecified atom stereocenters. The van der Waals surface area contributed by atoms with Gasteiger partial charge in [-0.1, -0.05) is 5.16 Å². The highest BCUT2D eigenvalue weighted by Gasteiger charge is 2.34. The van der Waals surface area contributed by atoms with Gasteiger partial charge in [0.05, 0.1) is 0 Å². The number of hydrogen-bond donors (Lipinski definition) is 1. The summed E-state index contributed by atoms with van der Waals surface area (Å²) >= 11 is 0. The van der Waals surface area contributed by atoms with Crippen molar-refractivity contribution >= 4 is 0 Å². The molecule has 1 aliphatic heterocycles. The second-order valence-corrected chi connectivity index (χ2v) is 3.86. The number of ether oxygens (including phenoxy) is 1. The molecule has 84 valence electrons. The molecule has 1 saturated heterocycles. The van der Waals surface area contributed by atoms with E-state index in [1.165, 1.54) is 0 Å². The molecule has 2 rings (SSSR count). The Balaban J connectivity index is 2.12. The molecule has 0 aromatic carbocycles. The number of nitrogens with two attached hydrogens (primary N) is 1. The average Bonchev–Trinajstić information content (AvgIpc) is 2.69. The fraction of sp³-hybridized carbons (Fsp3) is 0.778. The van der Waals surface area contributed by atoms with Gasteiger partial charge in [0.15, 0.2) is 0 Å². The van der Waals surface area contributed by atoms with Crippen molar-refractivity contribution in [1.29, 1.82) is 0 Å². The zero-order valence-corrected chi connectivity index (χ0v) is 8.73. The van der Waals surface area contributed by atoms with Gasteiger partial charge in [0.2, 0.25) is 5.82 Å². The maximum atomic E-state index is 5.69. The Labute approximate surface area is 87.7 Å². The van der Waals surface area contributed by atoms with Crippen LogP contribution < -0.4 is 5.90 Å². The number of hydrogen-bond acceptors (Lipinski definition) is 6. The van der Waals surface area contributed by atoms with Gasteiger partial charge in [-0.25, -0.2) is 5.90 Å². The van der Waals surface area contributed by atoms with Crippen LogP contribution in [-0.2, 0) is 21.8 Å². The first-order valence-corrected chi connectivity index (χ1v) is 5.03. The van der Waals surface area contributed by atoms with Crippen LogP contribution in [0.1, 0.15) is 37.9 Å². The van der Waals surface area contributed by atoms with Crippen LogP contribution in [-0.4, -0.2) is 16.7 Å². The fourth-order valence-corrected chi connectivity index (χ4v) is 1.71. The number of aromatic nitrogens is 2. The molecular weight excluding hydrogens is 198 g/mol. The predicted octanol–water partition coefficient (Wildman–Crippen LogP) is 0.876. The minimum Gasteiger partial charge on any atom is -0.367 e. The van der Waals surface area contributed by atoms with Gasteiger partial charge < -0.3 is 9.26 Å². The largest absolute Gasteiger partial charge is 0.367 e. The third-order valence-electron chi connectivity index (χ3n) is 2.62. The molecule has 6 nitrogen and oxygen atoms in total. The molecule has 0 bridgehead atoms. The van der Waals surface area contributed by atoms with E-state index in [0.717, 1.165) is 25.9 Å². The molecule has 0 aliphatic carbocycles. The molecule has 0 saturated carbocycles.